The Morgan fingerprint density at radius 3 is 2.43 bits per heavy atom. The van der Waals surface area contributed by atoms with Crippen LogP contribution in [0.15, 0.2) is 48.7 Å². The number of rotatable bonds is 7. The van der Waals surface area contributed by atoms with Crippen molar-refractivity contribution in [2.24, 2.45) is 5.92 Å². The van der Waals surface area contributed by atoms with Gasteiger partial charge in [-0.15, -0.1) is 0 Å². The average Bonchev–Trinajstić information content (AvgIpc) is 2.56. The molecular weight excluding hydrogens is 286 g/mol. The molecule has 0 radical (unpaired) electrons. The zero-order chi connectivity index (χ0) is 16.7. The molecule has 2 aromatic rings. The summed E-state index contributed by atoms with van der Waals surface area (Å²) in [4.78, 5) is 16.2. The first-order chi connectivity index (χ1) is 11.1. The number of benzene rings is 1. The molecule has 0 spiro atoms. The number of anilines is 1. The molecule has 1 amide bonds. The third kappa shape index (κ3) is 5.40. The molecule has 2 N–H and O–H groups in total. The van der Waals surface area contributed by atoms with Gasteiger partial charge in [-0.05, 0) is 37.0 Å². The smallest absolute Gasteiger partial charge is 0.269 e. The standard InChI is InChI=1S/C19H25N3O/c1-14(2)11-12-20-19(23)18-10-9-17(13-21-18)22-15(3)16-7-5-4-6-8-16/h4-10,13-15,22H,11-12H2,1-3H3,(H,20,23). The molecule has 0 aliphatic carbocycles. The van der Waals surface area contributed by atoms with Crippen molar-refractivity contribution in [3.8, 4) is 0 Å². The average molecular weight is 311 g/mol. The molecular formula is C19H25N3O. The van der Waals surface area contributed by atoms with Crippen molar-refractivity contribution in [3.63, 3.8) is 0 Å². The zero-order valence-corrected chi connectivity index (χ0v) is 14.0. The number of amides is 1. The van der Waals surface area contributed by atoms with Crippen LogP contribution in [0.4, 0.5) is 5.69 Å². The third-order valence-corrected chi connectivity index (χ3v) is 3.69. The van der Waals surface area contributed by atoms with Gasteiger partial charge in [0.2, 0.25) is 0 Å². The number of hydrogen-bond donors (Lipinski definition) is 2. The van der Waals surface area contributed by atoms with Crippen LogP contribution in [0.3, 0.4) is 0 Å². The Hall–Kier alpha value is -2.36. The SMILES string of the molecule is CC(C)CCNC(=O)c1ccc(NC(C)c2ccccc2)cn1. The summed E-state index contributed by atoms with van der Waals surface area (Å²) in [5.74, 6) is 0.461. The molecule has 0 saturated carbocycles. The second-order valence-electron chi connectivity index (χ2n) is 6.15. The lowest BCUT2D eigenvalue weighted by Crippen LogP contribution is -2.26. The van der Waals surface area contributed by atoms with Crippen molar-refractivity contribution in [1.29, 1.82) is 0 Å². The summed E-state index contributed by atoms with van der Waals surface area (Å²) in [5, 5.41) is 6.28. The largest absolute Gasteiger partial charge is 0.377 e. The lowest BCUT2D eigenvalue weighted by Gasteiger charge is -2.15. The molecule has 0 saturated heterocycles. The number of carbonyl (C=O) groups excluding carboxylic acids is 1. The molecule has 0 bridgehead atoms. The van der Waals surface area contributed by atoms with E-state index >= 15 is 0 Å². The molecule has 0 fully saturated rings. The number of pyridine rings is 1. The van der Waals surface area contributed by atoms with Crippen LogP contribution in [-0.4, -0.2) is 17.4 Å². The summed E-state index contributed by atoms with van der Waals surface area (Å²) in [7, 11) is 0. The topological polar surface area (TPSA) is 54.0 Å². The zero-order valence-electron chi connectivity index (χ0n) is 14.0. The van der Waals surface area contributed by atoms with Crippen LogP contribution in [0.1, 0.15) is 49.3 Å². The highest BCUT2D eigenvalue weighted by atomic mass is 16.1. The summed E-state index contributed by atoms with van der Waals surface area (Å²) in [6, 6.07) is 14.1. The van der Waals surface area contributed by atoms with Gasteiger partial charge < -0.3 is 10.6 Å². The number of carbonyl (C=O) groups is 1. The first-order valence-corrected chi connectivity index (χ1v) is 8.12. The van der Waals surface area contributed by atoms with E-state index in [4.69, 9.17) is 0 Å². The monoisotopic (exact) mass is 311 g/mol. The lowest BCUT2D eigenvalue weighted by atomic mass is 10.1. The van der Waals surface area contributed by atoms with E-state index < -0.39 is 0 Å². The van der Waals surface area contributed by atoms with E-state index in [-0.39, 0.29) is 11.9 Å². The third-order valence-electron chi connectivity index (χ3n) is 3.69. The van der Waals surface area contributed by atoms with Gasteiger partial charge >= 0.3 is 0 Å². The first kappa shape index (κ1) is 17.0. The highest BCUT2D eigenvalue weighted by molar-refractivity contribution is 5.92. The molecule has 1 atom stereocenters. The summed E-state index contributed by atoms with van der Waals surface area (Å²) >= 11 is 0. The van der Waals surface area contributed by atoms with Crippen molar-refractivity contribution in [2.75, 3.05) is 11.9 Å². The minimum atomic E-state index is -0.117. The van der Waals surface area contributed by atoms with E-state index in [1.807, 2.05) is 24.3 Å². The van der Waals surface area contributed by atoms with Crippen LogP contribution >= 0.6 is 0 Å². The molecule has 23 heavy (non-hydrogen) atoms. The van der Waals surface area contributed by atoms with Gasteiger partial charge in [-0.2, -0.15) is 0 Å². The van der Waals surface area contributed by atoms with E-state index in [0.29, 0.717) is 18.2 Å². The van der Waals surface area contributed by atoms with Gasteiger partial charge in [-0.25, -0.2) is 4.98 Å². The van der Waals surface area contributed by atoms with Crippen molar-refractivity contribution in [3.05, 3.63) is 59.9 Å². The fourth-order valence-electron chi connectivity index (χ4n) is 2.25. The minimum Gasteiger partial charge on any atom is -0.377 e. The van der Waals surface area contributed by atoms with Crippen molar-refractivity contribution >= 4 is 11.6 Å². The van der Waals surface area contributed by atoms with Gasteiger partial charge in [0, 0.05) is 12.6 Å². The van der Waals surface area contributed by atoms with Crippen LogP contribution in [0.5, 0.6) is 0 Å². The minimum absolute atomic E-state index is 0.117. The molecule has 1 aromatic heterocycles. The Morgan fingerprint density at radius 2 is 1.83 bits per heavy atom. The van der Waals surface area contributed by atoms with Gasteiger partial charge in [-0.1, -0.05) is 44.2 Å². The van der Waals surface area contributed by atoms with E-state index in [0.717, 1.165) is 12.1 Å². The fraction of sp³-hybridized carbons (Fsp3) is 0.368. The predicted molar refractivity (Wildman–Crippen MR) is 94.5 cm³/mol. The summed E-state index contributed by atoms with van der Waals surface area (Å²) < 4.78 is 0. The number of nitrogens with zero attached hydrogens (tertiary/aromatic N) is 1. The Kier molecular flexibility index (Phi) is 6.15. The highest BCUT2D eigenvalue weighted by Crippen LogP contribution is 2.18. The van der Waals surface area contributed by atoms with Crippen molar-refractivity contribution < 1.29 is 4.79 Å². The molecule has 4 heteroatoms. The summed E-state index contributed by atoms with van der Waals surface area (Å²) in [5.41, 5.74) is 2.56. The highest BCUT2D eigenvalue weighted by Gasteiger charge is 2.08. The molecule has 4 nitrogen and oxygen atoms in total. The molecule has 0 aliphatic rings. The normalized spacial score (nSPS) is 12.0. The van der Waals surface area contributed by atoms with Crippen molar-refractivity contribution in [2.45, 2.75) is 33.2 Å². The maximum absolute atomic E-state index is 12.0. The number of aromatic nitrogens is 1. The van der Waals surface area contributed by atoms with E-state index in [9.17, 15) is 4.79 Å². The van der Waals surface area contributed by atoms with Crippen LogP contribution < -0.4 is 10.6 Å². The summed E-state index contributed by atoms with van der Waals surface area (Å²) in [6.07, 6.45) is 2.68. The maximum Gasteiger partial charge on any atom is 0.269 e. The van der Waals surface area contributed by atoms with Gasteiger partial charge in [0.05, 0.1) is 11.9 Å². The van der Waals surface area contributed by atoms with E-state index in [2.05, 4.69) is 48.5 Å². The van der Waals surface area contributed by atoms with Crippen molar-refractivity contribution in [1.82, 2.24) is 10.3 Å². The second kappa shape index (κ2) is 8.32. The Bertz CT molecular complexity index is 608. The van der Waals surface area contributed by atoms with Gasteiger partial charge in [-0.3, -0.25) is 4.79 Å². The van der Waals surface area contributed by atoms with Crippen LogP contribution in [0, 0.1) is 5.92 Å². The second-order valence-corrected chi connectivity index (χ2v) is 6.15. The van der Waals surface area contributed by atoms with Crippen LogP contribution in [0.25, 0.3) is 0 Å². The Labute approximate surface area is 138 Å². The molecule has 122 valence electrons. The van der Waals surface area contributed by atoms with Crippen LogP contribution in [0.2, 0.25) is 0 Å². The van der Waals surface area contributed by atoms with Gasteiger partial charge in [0.25, 0.3) is 5.91 Å². The molecule has 0 aliphatic heterocycles. The Balaban J connectivity index is 1.90. The fourth-order valence-corrected chi connectivity index (χ4v) is 2.25. The summed E-state index contributed by atoms with van der Waals surface area (Å²) in [6.45, 7) is 7.06. The Morgan fingerprint density at radius 1 is 1.09 bits per heavy atom. The molecule has 2 rings (SSSR count). The van der Waals surface area contributed by atoms with Gasteiger partial charge in [0.15, 0.2) is 0 Å². The maximum atomic E-state index is 12.0. The predicted octanol–water partition coefficient (Wildman–Crippen LogP) is 4.03. The molecule has 1 aromatic carbocycles. The van der Waals surface area contributed by atoms with E-state index in [1.165, 1.54) is 5.56 Å². The molecule has 1 unspecified atom stereocenters. The molecule has 1 heterocycles. The van der Waals surface area contributed by atoms with E-state index in [1.54, 1.807) is 12.3 Å². The lowest BCUT2D eigenvalue weighted by molar-refractivity contribution is 0.0947. The van der Waals surface area contributed by atoms with Gasteiger partial charge in [0.1, 0.15) is 5.69 Å². The first-order valence-electron chi connectivity index (χ1n) is 8.12. The van der Waals surface area contributed by atoms with Crippen LogP contribution in [-0.2, 0) is 0 Å². The number of nitrogens with one attached hydrogen (secondary N) is 2. The number of hydrogen-bond acceptors (Lipinski definition) is 3. The quantitative estimate of drug-likeness (QED) is 0.811.